The molecule has 34 heavy (non-hydrogen) atoms. The van der Waals surface area contributed by atoms with Gasteiger partial charge in [0.05, 0.1) is 19.8 Å². The summed E-state index contributed by atoms with van der Waals surface area (Å²) in [4.78, 5) is 22.4. The Morgan fingerprint density at radius 2 is 1.74 bits per heavy atom. The third-order valence-electron chi connectivity index (χ3n) is 6.25. The molecule has 1 atom stereocenters. The molecule has 0 radical (unpaired) electrons. The quantitative estimate of drug-likeness (QED) is 0.569. The van der Waals surface area contributed by atoms with Crippen molar-refractivity contribution in [3.63, 3.8) is 0 Å². The smallest absolute Gasteiger partial charge is 0.254 e. The van der Waals surface area contributed by atoms with E-state index in [-0.39, 0.29) is 11.9 Å². The van der Waals surface area contributed by atoms with Crippen LogP contribution in [0.4, 0.5) is 5.69 Å². The van der Waals surface area contributed by atoms with Crippen LogP contribution in [0.15, 0.2) is 71.7 Å². The van der Waals surface area contributed by atoms with Crippen molar-refractivity contribution in [1.82, 2.24) is 9.80 Å². The number of fused-ring (bicyclic) bond motifs is 2. The predicted octanol–water partition coefficient (Wildman–Crippen LogP) is 4.73. The molecule has 0 saturated carbocycles. The molecule has 0 spiro atoms. The maximum Gasteiger partial charge on any atom is 0.254 e. The molecule has 5 rings (SSSR count). The first-order chi connectivity index (χ1) is 16.6. The van der Waals surface area contributed by atoms with Crippen LogP contribution in [0.3, 0.4) is 0 Å². The number of methoxy groups -OCH3 is 2. The number of piperazine rings is 1. The highest BCUT2D eigenvalue weighted by atomic mass is 16.5. The first-order valence-corrected chi connectivity index (χ1v) is 11.3. The van der Waals surface area contributed by atoms with Gasteiger partial charge in [0.25, 0.3) is 5.91 Å². The second kappa shape index (κ2) is 9.09. The van der Waals surface area contributed by atoms with Crippen LogP contribution in [0.2, 0.25) is 0 Å². The van der Waals surface area contributed by atoms with Gasteiger partial charge in [0.2, 0.25) is 0 Å². The summed E-state index contributed by atoms with van der Waals surface area (Å²) in [6.45, 7) is 3.97. The maximum atomic E-state index is 13.2. The lowest BCUT2D eigenvalue weighted by Crippen LogP contribution is -2.55. The molecule has 0 bridgehead atoms. The normalized spacial score (nSPS) is 17.0. The van der Waals surface area contributed by atoms with E-state index in [0.717, 1.165) is 22.8 Å². The lowest BCUT2D eigenvalue weighted by atomic mass is 10.1. The van der Waals surface area contributed by atoms with Crippen LogP contribution in [-0.4, -0.2) is 61.4 Å². The Labute approximate surface area is 199 Å². The van der Waals surface area contributed by atoms with Gasteiger partial charge < -0.3 is 24.0 Å². The van der Waals surface area contributed by atoms with Gasteiger partial charge in [0.15, 0.2) is 5.75 Å². The van der Waals surface area contributed by atoms with Crippen molar-refractivity contribution in [2.45, 2.75) is 13.0 Å². The Bertz CT molecular complexity index is 1260. The van der Waals surface area contributed by atoms with Crippen LogP contribution in [0.25, 0.3) is 0 Å². The van der Waals surface area contributed by atoms with E-state index in [1.54, 1.807) is 20.3 Å². The number of amides is 1. The van der Waals surface area contributed by atoms with Crippen molar-refractivity contribution in [2.75, 3.05) is 33.9 Å². The van der Waals surface area contributed by atoms with Crippen molar-refractivity contribution in [3.8, 4) is 23.0 Å². The van der Waals surface area contributed by atoms with Crippen LogP contribution in [0.1, 0.15) is 22.8 Å². The third-order valence-corrected chi connectivity index (χ3v) is 6.25. The third kappa shape index (κ3) is 4.05. The zero-order valence-corrected chi connectivity index (χ0v) is 19.5. The molecular formula is C27H27N3O4. The van der Waals surface area contributed by atoms with Crippen molar-refractivity contribution in [3.05, 3.63) is 77.9 Å². The summed E-state index contributed by atoms with van der Waals surface area (Å²) in [7, 11) is 3.25. The van der Waals surface area contributed by atoms with Crippen LogP contribution in [0, 0.1) is 0 Å². The second-order valence-electron chi connectivity index (χ2n) is 8.39. The standard InChI is InChI=1S/C27H27N3O4/c1-18-17-29(13-14-30(18)27(31)19-7-6-8-20(15-19)32-2)26-22-12-11-21(33-3)16-25(22)34-24-10-5-4-9-23(24)28-26/h4-12,15-16,18H,13-14,17H2,1-3H3. The van der Waals surface area contributed by atoms with E-state index < -0.39 is 0 Å². The molecule has 7 nitrogen and oxygen atoms in total. The Morgan fingerprint density at radius 1 is 0.941 bits per heavy atom. The molecule has 174 valence electrons. The molecular weight excluding hydrogens is 430 g/mol. The van der Waals surface area contributed by atoms with Gasteiger partial charge in [0.1, 0.15) is 28.8 Å². The number of amidine groups is 1. The number of carbonyl (C=O) groups excluding carboxylic acids is 1. The van der Waals surface area contributed by atoms with Gasteiger partial charge in [-0.2, -0.15) is 0 Å². The molecule has 0 aromatic heterocycles. The van der Waals surface area contributed by atoms with E-state index in [4.69, 9.17) is 19.2 Å². The van der Waals surface area contributed by atoms with Gasteiger partial charge in [-0.1, -0.05) is 18.2 Å². The first-order valence-electron chi connectivity index (χ1n) is 11.3. The van der Waals surface area contributed by atoms with Gasteiger partial charge in [-0.05, 0) is 49.4 Å². The number of rotatable bonds is 3. The molecule has 3 aromatic carbocycles. The van der Waals surface area contributed by atoms with E-state index in [9.17, 15) is 4.79 Å². The number of carbonyl (C=O) groups is 1. The zero-order valence-electron chi connectivity index (χ0n) is 19.5. The minimum Gasteiger partial charge on any atom is -0.497 e. The summed E-state index contributed by atoms with van der Waals surface area (Å²) in [6, 6.07) is 20.8. The lowest BCUT2D eigenvalue weighted by molar-refractivity contribution is 0.0581. The minimum atomic E-state index is -0.00346. The van der Waals surface area contributed by atoms with Crippen LogP contribution < -0.4 is 14.2 Å². The maximum absolute atomic E-state index is 13.2. The SMILES string of the molecule is COc1cccc(C(=O)N2CCN(C3=Nc4ccccc4Oc4cc(OC)ccc43)CC2C)c1. The predicted molar refractivity (Wildman–Crippen MR) is 131 cm³/mol. The number of hydrogen-bond donors (Lipinski definition) is 0. The molecule has 2 aliphatic heterocycles. The molecule has 3 aromatic rings. The van der Waals surface area contributed by atoms with Gasteiger partial charge in [0, 0.05) is 37.3 Å². The number of para-hydroxylation sites is 2. The number of aliphatic imine (C=N–C) groups is 1. The summed E-state index contributed by atoms with van der Waals surface area (Å²) >= 11 is 0. The number of hydrogen-bond acceptors (Lipinski definition) is 6. The minimum absolute atomic E-state index is 0.00346. The summed E-state index contributed by atoms with van der Waals surface area (Å²) in [5.74, 6) is 3.64. The molecule has 2 aliphatic rings. The fourth-order valence-corrected chi connectivity index (χ4v) is 4.44. The lowest BCUT2D eigenvalue weighted by Gasteiger charge is -2.41. The fraction of sp³-hybridized carbons (Fsp3) is 0.259. The van der Waals surface area contributed by atoms with E-state index >= 15 is 0 Å². The average molecular weight is 458 g/mol. The largest absolute Gasteiger partial charge is 0.497 e. The second-order valence-corrected chi connectivity index (χ2v) is 8.39. The Kier molecular flexibility index (Phi) is 5.84. The Morgan fingerprint density at radius 3 is 2.53 bits per heavy atom. The van der Waals surface area contributed by atoms with Crippen LogP contribution >= 0.6 is 0 Å². The van der Waals surface area contributed by atoms with E-state index in [1.165, 1.54) is 0 Å². The van der Waals surface area contributed by atoms with Crippen molar-refractivity contribution < 1.29 is 19.0 Å². The summed E-state index contributed by atoms with van der Waals surface area (Å²) in [5.41, 5.74) is 2.30. The van der Waals surface area contributed by atoms with Crippen molar-refractivity contribution in [2.24, 2.45) is 4.99 Å². The summed E-state index contributed by atoms with van der Waals surface area (Å²) in [6.07, 6.45) is 0. The average Bonchev–Trinajstić information content (AvgIpc) is 3.04. The molecule has 0 N–H and O–H groups in total. The van der Waals surface area contributed by atoms with Gasteiger partial charge in [-0.3, -0.25) is 4.79 Å². The molecule has 2 heterocycles. The summed E-state index contributed by atoms with van der Waals surface area (Å²) < 4.78 is 16.9. The molecule has 7 heteroatoms. The Balaban J connectivity index is 1.44. The number of ether oxygens (including phenoxy) is 3. The molecule has 1 fully saturated rings. The van der Waals surface area contributed by atoms with E-state index in [0.29, 0.717) is 42.4 Å². The highest BCUT2D eigenvalue weighted by Crippen LogP contribution is 2.39. The van der Waals surface area contributed by atoms with Crippen LogP contribution in [-0.2, 0) is 0 Å². The van der Waals surface area contributed by atoms with Crippen LogP contribution in [0.5, 0.6) is 23.0 Å². The monoisotopic (exact) mass is 457 g/mol. The number of nitrogens with zero attached hydrogens (tertiary/aromatic N) is 3. The highest BCUT2D eigenvalue weighted by molar-refractivity contribution is 6.04. The van der Waals surface area contributed by atoms with Gasteiger partial charge in [-0.15, -0.1) is 0 Å². The van der Waals surface area contributed by atoms with Gasteiger partial charge in [-0.25, -0.2) is 4.99 Å². The summed E-state index contributed by atoms with van der Waals surface area (Å²) in [5, 5.41) is 0. The zero-order chi connectivity index (χ0) is 23.7. The molecule has 1 unspecified atom stereocenters. The topological polar surface area (TPSA) is 63.6 Å². The highest BCUT2D eigenvalue weighted by Gasteiger charge is 2.32. The first kappa shape index (κ1) is 21.8. The van der Waals surface area contributed by atoms with E-state index in [1.807, 2.05) is 65.6 Å². The van der Waals surface area contributed by atoms with Crippen molar-refractivity contribution in [1.29, 1.82) is 0 Å². The Hall–Kier alpha value is -4.00. The molecule has 1 amide bonds. The van der Waals surface area contributed by atoms with E-state index in [2.05, 4.69) is 11.8 Å². The molecule has 0 aliphatic carbocycles. The number of benzene rings is 3. The van der Waals surface area contributed by atoms with Gasteiger partial charge >= 0.3 is 0 Å². The molecule has 1 saturated heterocycles. The van der Waals surface area contributed by atoms with Crippen molar-refractivity contribution >= 4 is 17.4 Å². The fourth-order valence-electron chi connectivity index (χ4n) is 4.44.